The average molecular weight is 560 g/mol. The van der Waals surface area contributed by atoms with Gasteiger partial charge in [-0.25, -0.2) is 8.42 Å². The van der Waals surface area contributed by atoms with Gasteiger partial charge in [-0.3, -0.25) is 9.78 Å². The summed E-state index contributed by atoms with van der Waals surface area (Å²) in [4.78, 5) is 17.1. The zero-order chi connectivity index (χ0) is 28.4. The van der Waals surface area contributed by atoms with Gasteiger partial charge in [-0.15, -0.1) is 0 Å². The van der Waals surface area contributed by atoms with E-state index in [4.69, 9.17) is 4.74 Å². The van der Waals surface area contributed by atoms with Crippen molar-refractivity contribution in [1.82, 2.24) is 14.6 Å². The number of carbonyl (C=O) groups excluding carboxylic acids is 1. The lowest BCUT2D eigenvalue weighted by molar-refractivity contribution is 0.0916. The number of aromatic nitrogens is 1. The molecule has 0 unspecified atom stereocenters. The highest BCUT2D eigenvalue weighted by Gasteiger charge is 2.25. The van der Waals surface area contributed by atoms with Gasteiger partial charge in [-0.05, 0) is 72.5 Å². The number of rotatable bonds is 13. The molecule has 208 valence electrons. The Hall–Kier alpha value is -4.05. The molecule has 8 nitrogen and oxygen atoms in total. The molecule has 2 N–H and O–H groups in total. The summed E-state index contributed by atoms with van der Waals surface area (Å²) in [6.45, 7) is 2.39. The van der Waals surface area contributed by atoms with E-state index in [1.807, 2.05) is 43.3 Å². The van der Waals surface area contributed by atoms with Crippen molar-refractivity contribution in [2.75, 3.05) is 13.2 Å². The van der Waals surface area contributed by atoms with E-state index in [9.17, 15) is 18.3 Å². The van der Waals surface area contributed by atoms with E-state index in [0.29, 0.717) is 24.3 Å². The van der Waals surface area contributed by atoms with E-state index < -0.39 is 16.1 Å². The molecule has 0 aliphatic rings. The van der Waals surface area contributed by atoms with Gasteiger partial charge in [0.25, 0.3) is 5.91 Å². The number of ether oxygens (including phenoxy) is 1. The number of hydrogen-bond donors (Lipinski definition) is 2. The first kappa shape index (κ1) is 28.9. The fourth-order valence-electron chi connectivity index (χ4n) is 4.24. The molecule has 0 saturated carbocycles. The van der Waals surface area contributed by atoms with Crippen LogP contribution in [-0.4, -0.2) is 48.0 Å². The molecule has 0 aliphatic heterocycles. The number of aliphatic hydroxyl groups excluding tert-OH is 1. The molecule has 0 aliphatic carbocycles. The third-order valence-corrected chi connectivity index (χ3v) is 8.12. The predicted octanol–water partition coefficient (Wildman–Crippen LogP) is 4.20. The highest BCUT2D eigenvalue weighted by atomic mass is 32.2. The Morgan fingerprint density at radius 1 is 0.900 bits per heavy atom. The van der Waals surface area contributed by atoms with E-state index in [0.717, 1.165) is 16.7 Å². The maximum Gasteiger partial charge on any atom is 0.251 e. The average Bonchev–Trinajstić information content (AvgIpc) is 2.98. The second-order valence-electron chi connectivity index (χ2n) is 9.28. The van der Waals surface area contributed by atoms with Crippen molar-refractivity contribution in [2.45, 2.75) is 37.4 Å². The Balaban J connectivity index is 1.50. The Morgan fingerprint density at radius 2 is 1.57 bits per heavy atom. The molecule has 0 bridgehead atoms. The van der Waals surface area contributed by atoms with E-state index in [1.54, 1.807) is 54.9 Å². The van der Waals surface area contributed by atoms with Crippen LogP contribution in [0.25, 0.3) is 0 Å². The topological polar surface area (TPSA) is 109 Å². The first-order chi connectivity index (χ1) is 19.4. The van der Waals surface area contributed by atoms with Gasteiger partial charge < -0.3 is 15.2 Å². The van der Waals surface area contributed by atoms with E-state index >= 15 is 0 Å². The Kier molecular flexibility index (Phi) is 10.0. The summed E-state index contributed by atoms with van der Waals surface area (Å²) in [6, 6.07) is 26.0. The molecular weight excluding hydrogens is 526 g/mol. The van der Waals surface area contributed by atoms with E-state index in [-0.39, 0.29) is 30.5 Å². The molecule has 40 heavy (non-hydrogen) atoms. The molecule has 4 aromatic rings. The first-order valence-electron chi connectivity index (χ1n) is 13.1. The SMILES string of the molecule is CCOc1ccc(S(=O)(=O)N(Cc2ccc(C(=O)N[C@H](CO)Cc3ccccc3)cc2)Cc2cccnc2)cc1. The summed E-state index contributed by atoms with van der Waals surface area (Å²) in [5.41, 5.74) is 2.91. The fraction of sp³-hybridized carbons (Fsp3) is 0.226. The van der Waals surface area contributed by atoms with Crippen LogP contribution < -0.4 is 10.1 Å². The van der Waals surface area contributed by atoms with Crippen LogP contribution in [0, 0.1) is 0 Å². The van der Waals surface area contributed by atoms with Gasteiger partial charge in [0.05, 0.1) is 24.2 Å². The Labute approximate surface area is 235 Å². The van der Waals surface area contributed by atoms with Crippen LogP contribution in [0.3, 0.4) is 0 Å². The van der Waals surface area contributed by atoms with Crippen LogP contribution in [0.1, 0.15) is 34.0 Å². The highest BCUT2D eigenvalue weighted by Crippen LogP contribution is 2.23. The fourth-order valence-corrected chi connectivity index (χ4v) is 5.65. The van der Waals surface area contributed by atoms with Crippen LogP contribution in [0.4, 0.5) is 0 Å². The number of nitrogens with one attached hydrogen (secondary N) is 1. The molecule has 0 spiro atoms. The van der Waals surface area contributed by atoms with Crippen LogP contribution in [0.5, 0.6) is 5.75 Å². The van der Waals surface area contributed by atoms with Gasteiger partial charge in [-0.2, -0.15) is 4.31 Å². The van der Waals surface area contributed by atoms with E-state index in [2.05, 4.69) is 10.3 Å². The molecule has 4 rings (SSSR count). The molecule has 9 heteroatoms. The second-order valence-corrected chi connectivity index (χ2v) is 11.2. The third kappa shape index (κ3) is 7.75. The summed E-state index contributed by atoms with van der Waals surface area (Å²) in [5.74, 6) is 0.289. The molecule has 1 heterocycles. The first-order valence-corrected chi connectivity index (χ1v) is 14.5. The quantitative estimate of drug-likeness (QED) is 0.254. The minimum atomic E-state index is -3.86. The lowest BCUT2D eigenvalue weighted by Gasteiger charge is -2.23. The number of nitrogens with zero attached hydrogens (tertiary/aromatic N) is 2. The van der Waals surface area contributed by atoms with Gasteiger partial charge in [0, 0.05) is 31.0 Å². The summed E-state index contributed by atoms with van der Waals surface area (Å²) < 4.78 is 34.2. The second kappa shape index (κ2) is 13.8. The minimum Gasteiger partial charge on any atom is -0.494 e. The van der Waals surface area contributed by atoms with Crippen molar-refractivity contribution >= 4 is 15.9 Å². The number of hydrogen-bond acceptors (Lipinski definition) is 6. The molecule has 0 radical (unpaired) electrons. The number of carbonyl (C=O) groups is 1. The van der Waals surface area contributed by atoms with Crippen LogP contribution >= 0.6 is 0 Å². The standard InChI is InChI=1S/C31H33N3O5S/c1-2-39-29-14-16-30(17-15-29)40(37,38)34(22-26-9-6-18-32-20-26)21-25-10-12-27(13-11-25)31(36)33-28(23-35)19-24-7-4-3-5-8-24/h3-18,20,28,35H,2,19,21-23H2,1H3,(H,33,36)/t28-/m0/s1. The van der Waals surface area contributed by atoms with Gasteiger partial charge in [0.15, 0.2) is 0 Å². The van der Waals surface area contributed by atoms with Gasteiger partial charge in [0.1, 0.15) is 5.75 Å². The van der Waals surface area contributed by atoms with Gasteiger partial charge in [0.2, 0.25) is 10.0 Å². The van der Waals surface area contributed by atoms with Crippen molar-refractivity contribution < 1.29 is 23.1 Å². The largest absolute Gasteiger partial charge is 0.494 e. The van der Waals surface area contributed by atoms with Crippen molar-refractivity contribution in [3.8, 4) is 5.75 Å². The van der Waals surface area contributed by atoms with Gasteiger partial charge in [-0.1, -0.05) is 48.5 Å². The van der Waals surface area contributed by atoms with Crippen molar-refractivity contribution in [3.63, 3.8) is 0 Å². The smallest absolute Gasteiger partial charge is 0.251 e. The number of pyridine rings is 1. The zero-order valence-corrected chi connectivity index (χ0v) is 23.1. The number of amides is 1. The summed E-state index contributed by atoms with van der Waals surface area (Å²) in [5, 5.41) is 12.6. The van der Waals surface area contributed by atoms with Crippen LogP contribution in [0.2, 0.25) is 0 Å². The maximum absolute atomic E-state index is 13.7. The molecule has 1 atom stereocenters. The zero-order valence-electron chi connectivity index (χ0n) is 22.3. The van der Waals surface area contributed by atoms with E-state index in [1.165, 1.54) is 16.4 Å². The molecule has 0 saturated heterocycles. The lowest BCUT2D eigenvalue weighted by atomic mass is 10.1. The number of benzene rings is 3. The lowest BCUT2D eigenvalue weighted by Crippen LogP contribution is -2.39. The molecule has 1 aromatic heterocycles. The monoisotopic (exact) mass is 559 g/mol. The normalized spacial score (nSPS) is 12.2. The number of aliphatic hydroxyl groups is 1. The van der Waals surface area contributed by atoms with Gasteiger partial charge >= 0.3 is 0 Å². The highest BCUT2D eigenvalue weighted by molar-refractivity contribution is 7.89. The van der Waals surface area contributed by atoms with Crippen molar-refractivity contribution in [2.24, 2.45) is 0 Å². The molecule has 3 aromatic carbocycles. The summed E-state index contributed by atoms with van der Waals surface area (Å²) in [6.07, 6.45) is 3.79. The predicted molar refractivity (Wildman–Crippen MR) is 153 cm³/mol. The maximum atomic E-state index is 13.7. The summed E-state index contributed by atoms with van der Waals surface area (Å²) >= 11 is 0. The van der Waals surface area contributed by atoms with Crippen molar-refractivity contribution in [1.29, 1.82) is 0 Å². The minimum absolute atomic E-state index is 0.0968. The molecule has 0 fully saturated rings. The summed E-state index contributed by atoms with van der Waals surface area (Å²) in [7, 11) is -3.86. The van der Waals surface area contributed by atoms with Crippen LogP contribution in [0.15, 0.2) is 108 Å². The molecular formula is C31H33N3O5S. The Morgan fingerprint density at radius 3 is 2.20 bits per heavy atom. The molecule has 1 amide bonds. The van der Waals surface area contributed by atoms with Crippen LogP contribution in [-0.2, 0) is 29.5 Å². The third-order valence-electron chi connectivity index (χ3n) is 6.31. The number of sulfonamides is 1. The van der Waals surface area contributed by atoms with Crippen molar-refractivity contribution in [3.05, 3.63) is 126 Å². The Bertz CT molecular complexity index is 1460.